The first-order chi connectivity index (χ1) is 7.50. The maximum atomic E-state index is 12.8. The average Bonchev–Trinajstić information content (AvgIpc) is 2.25. The number of benzene rings is 1. The molecule has 2 N–H and O–H groups in total. The van der Waals surface area contributed by atoms with Gasteiger partial charge in [-0.05, 0) is 18.2 Å². The molecule has 0 unspecified atom stereocenters. The van der Waals surface area contributed by atoms with Gasteiger partial charge in [-0.3, -0.25) is 20.4 Å². The Morgan fingerprint density at radius 3 is 2.50 bits per heavy atom. The van der Waals surface area contributed by atoms with Gasteiger partial charge in [-0.15, -0.1) is 0 Å². The molecule has 4 nitrogen and oxygen atoms in total. The number of hydrogen-bond acceptors (Lipinski definition) is 2. The maximum Gasteiger partial charge on any atom is 0.269 e. The summed E-state index contributed by atoms with van der Waals surface area (Å²) in [5.41, 5.74) is 4.60. The van der Waals surface area contributed by atoms with Crippen molar-refractivity contribution in [3.8, 4) is 0 Å². The van der Waals surface area contributed by atoms with Crippen molar-refractivity contribution < 1.29 is 14.0 Å². The molecule has 0 heterocycles. The monoisotopic (exact) mass is 224 g/mol. The number of hydrogen-bond donors (Lipinski definition) is 2. The predicted octanol–water partition coefficient (Wildman–Crippen LogP) is 1.24. The van der Waals surface area contributed by atoms with Crippen molar-refractivity contribution >= 4 is 11.8 Å². The van der Waals surface area contributed by atoms with Crippen molar-refractivity contribution in [1.29, 1.82) is 0 Å². The molecule has 0 radical (unpaired) electrons. The summed E-state index contributed by atoms with van der Waals surface area (Å²) in [7, 11) is 0. The van der Waals surface area contributed by atoms with Crippen molar-refractivity contribution in [2.75, 3.05) is 0 Å². The molecule has 86 valence electrons. The number of amides is 2. The fourth-order valence-corrected chi connectivity index (χ4v) is 0.965. The lowest BCUT2D eigenvalue weighted by Gasteiger charge is -2.08. The zero-order chi connectivity index (χ0) is 12.1. The number of carbonyl (C=O) groups excluding carboxylic acids is 2. The predicted molar refractivity (Wildman–Crippen MR) is 56.8 cm³/mol. The zero-order valence-electron chi connectivity index (χ0n) is 9.08. The van der Waals surface area contributed by atoms with Gasteiger partial charge in [0.25, 0.3) is 5.91 Å². The number of rotatable bonds is 2. The molecule has 0 spiro atoms. The highest BCUT2D eigenvalue weighted by Crippen LogP contribution is 2.02. The van der Waals surface area contributed by atoms with E-state index in [-0.39, 0.29) is 17.4 Å². The Labute approximate surface area is 92.8 Å². The summed E-state index contributed by atoms with van der Waals surface area (Å²) in [6.07, 6.45) is 0. The van der Waals surface area contributed by atoms with Crippen molar-refractivity contribution in [3.63, 3.8) is 0 Å². The van der Waals surface area contributed by atoms with Gasteiger partial charge in [0.2, 0.25) is 5.91 Å². The Hall–Kier alpha value is -1.91. The quantitative estimate of drug-likeness (QED) is 0.742. The van der Waals surface area contributed by atoms with Crippen LogP contribution >= 0.6 is 0 Å². The summed E-state index contributed by atoms with van der Waals surface area (Å²) in [6, 6.07) is 5.22. The van der Waals surface area contributed by atoms with Gasteiger partial charge >= 0.3 is 0 Å². The number of halogens is 1. The Bertz CT molecular complexity index is 405. The molecule has 0 bridgehead atoms. The number of nitrogens with one attached hydrogen (secondary N) is 2. The van der Waals surface area contributed by atoms with Crippen LogP contribution in [-0.4, -0.2) is 11.8 Å². The van der Waals surface area contributed by atoms with Crippen LogP contribution in [0.5, 0.6) is 0 Å². The van der Waals surface area contributed by atoms with Gasteiger partial charge in [0.1, 0.15) is 5.82 Å². The van der Waals surface area contributed by atoms with E-state index in [1.807, 2.05) is 0 Å². The average molecular weight is 224 g/mol. The van der Waals surface area contributed by atoms with E-state index >= 15 is 0 Å². The minimum Gasteiger partial charge on any atom is -0.273 e. The lowest BCUT2D eigenvalue weighted by Crippen LogP contribution is -2.43. The molecule has 0 saturated heterocycles. The molecule has 0 aliphatic heterocycles. The van der Waals surface area contributed by atoms with Gasteiger partial charge in [0.05, 0.1) is 0 Å². The highest BCUT2D eigenvalue weighted by molar-refractivity contribution is 5.95. The molecule has 2 amide bonds. The molecule has 16 heavy (non-hydrogen) atoms. The third-order valence-electron chi connectivity index (χ3n) is 1.91. The lowest BCUT2D eigenvalue weighted by atomic mass is 10.2. The Morgan fingerprint density at radius 2 is 1.94 bits per heavy atom. The van der Waals surface area contributed by atoms with Crippen molar-refractivity contribution in [2.45, 2.75) is 13.8 Å². The molecular formula is C11H13FN2O2. The van der Waals surface area contributed by atoms with Crippen molar-refractivity contribution in [2.24, 2.45) is 5.92 Å². The molecule has 0 aliphatic rings. The lowest BCUT2D eigenvalue weighted by molar-refractivity contribution is -0.124. The fourth-order valence-electron chi connectivity index (χ4n) is 0.965. The highest BCUT2D eigenvalue weighted by atomic mass is 19.1. The van der Waals surface area contributed by atoms with Crippen LogP contribution in [0.1, 0.15) is 24.2 Å². The van der Waals surface area contributed by atoms with Crippen LogP contribution < -0.4 is 10.9 Å². The molecule has 0 aromatic heterocycles. The van der Waals surface area contributed by atoms with Crippen LogP contribution in [-0.2, 0) is 4.79 Å². The number of hydrazine groups is 1. The first-order valence-corrected chi connectivity index (χ1v) is 4.86. The Balaban J connectivity index is 2.57. The van der Waals surface area contributed by atoms with E-state index in [0.717, 1.165) is 6.07 Å². The third-order valence-corrected chi connectivity index (χ3v) is 1.91. The SMILES string of the molecule is CC(C)C(=O)NNC(=O)c1cccc(F)c1. The molecule has 0 fully saturated rings. The topological polar surface area (TPSA) is 58.2 Å². The molecule has 1 aromatic rings. The van der Waals surface area contributed by atoms with E-state index < -0.39 is 11.7 Å². The second kappa shape index (κ2) is 5.25. The molecule has 0 aliphatic carbocycles. The summed E-state index contributed by atoms with van der Waals surface area (Å²) >= 11 is 0. The van der Waals surface area contributed by atoms with Crippen LogP contribution in [0.25, 0.3) is 0 Å². The molecule has 0 saturated carbocycles. The van der Waals surface area contributed by atoms with Crippen molar-refractivity contribution in [3.05, 3.63) is 35.6 Å². The molecule has 5 heteroatoms. The first-order valence-electron chi connectivity index (χ1n) is 4.86. The fraction of sp³-hybridized carbons (Fsp3) is 0.273. The van der Waals surface area contributed by atoms with Crippen LogP contribution in [0.4, 0.5) is 4.39 Å². The van der Waals surface area contributed by atoms with E-state index in [2.05, 4.69) is 10.9 Å². The highest BCUT2D eigenvalue weighted by Gasteiger charge is 2.09. The summed E-state index contributed by atoms with van der Waals surface area (Å²) in [6.45, 7) is 3.40. The summed E-state index contributed by atoms with van der Waals surface area (Å²) in [5.74, 6) is -1.58. The molecule has 1 aromatic carbocycles. The van der Waals surface area contributed by atoms with E-state index in [4.69, 9.17) is 0 Å². The summed E-state index contributed by atoms with van der Waals surface area (Å²) in [5, 5.41) is 0. The van der Waals surface area contributed by atoms with Crippen molar-refractivity contribution in [1.82, 2.24) is 10.9 Å². The van der Waals surface area contributed by atoms with Crippen LogP contribution in [0.15, 0.2) is 24.3 Å². The Kier molecular flexibility index (Phi) is 3.99. The normalized spacial score (nSPS) is 10.0. The maximum absolute atomic E-state index is 12.8. The first kappa shape index (κ1) is 12.2. The smallest absolute Gasteiger partial charge is 0.269 e. The van der Waals surface area contributed by atoms with Gasteiger partial charge in [-0.1, -0.05) is 19.9 Å². The minimum atomic E-state index is -0.548. The van der Waals surface area contributed by atoms with Crippen LogP contribution in [0.3, 0.4) is 0 Å². The third kappa shape index (κ3) is 3.34. The number of carbonyl (C=O) groups is 2. The van der Waals surface area contributed by atoms with Gasteiger partial charge in [-0.25, -0.2) is 4.39 Å². The van der Waals surface area contributed by atoms with Gasteiger partial charge in [-0.2, -0.15) is 0 Å². The van der Waals surface area contributed by atoms with Crippen LogP contribution in [0.2, 0.25) is 0 Å². The van der Waals surface area contributed by atoms with E-state index in [1.165, 1.54) is 18.2 Å². The largest absolute Gasteiger partial charge is 0.273 e. The minimum absolute atomic E-state index is 0.157. The molecule has 0 atom stereocenters. The van der Waals surface area contributed by atoms with E-state index in [1.54, 1.807) is 13.8 Å². The second-order valence-electron chi connectivity index (χ2n) is 3.61. The van der Waals surface area contributed by atoms with E-state index in [9.17, 15) is 14.0 Å². The van der Waals surface area contributed by atoms with Gasteiger partial charge in [0.15, 0.2) is 0 Å². The molecular weight excluding hydrogens is 211 g/mol. The van der Waals surface area contributed by atoms with E-state index in [0.29, 0.717) is 0 Å². The van der Waals surface area contributed by atoms with Gasteiger partial charge in [0, 0.05) is 11.5 Å². The Morgan fingerprint density at radius 1 is 1.25 bits per heavy atom. The summed E-state index contributed by atoms with van der Waals surface area (Å²) in [4.78, 5) is 22.6. The summed E-state index contributed by atoms with van der Waals surface area (Å²) < 4.78 is 12.8. The van der Waals surface area contributed by atoms with Gasteiger partial charge < -0.3 is 0 Å². The second-order valence-corrected chi connectivity index (χ2v) is 3.61. The van der Waals surface area contributed by atoms with Crippen LogP contribution in [0, 0.1) is 11.7 Å². The standard InChI is InChI=1S/C11H13FN2O2/c1-7(2)10(15)13-14-11(16)8-4-3-5-9(12)6-8/h3-7H,1-2H3,(H,13,15)(H,14,16). The molecule has 1 rings (SSSR count). The zero-order valence-corrected chi connectivity index (χ0v) is 9.08.